The number of hydrogen-bond donors (Lipinski definition) is 0. The molecule has 0 amide bonds. The van der Waals surface area contributed by atoms with Gasteiger partial charge in [0.1, 0.15) is 0 Å². The highest BCUT2D eigenvalue weighted by Gasteiger charge is 0.0000227. The van der Waals surface area contributed by atoms with E-state index in [2.05, 4.69) is 0 Å². The molecular weight excluding hydrogens is 141 g/mol. The van der Waals surface area contributed by atoms with Crippen molar-refractivity contribution in [1.29, 1.82) is 0 Å². The topological polar surface area (TPSA) is 0 Å². The first kappa shape index (κ1) is 21000. The van der Waals surface area contributed by atoms with Gasteiger partial charge in [-0.05, 0) is 0 Å². The third-order valence-corrected chi connectivity index (χ3v) is 0. The zero-order valence-electron chi connectivity index (χ0n) is 3.03. The molecule has 0 aliphatic rings. The van der Waals surface area contributed by atoms with Crippen LogP contribution in [0.4, 0.5) is 28.2 Å². The third kappa shape index (κ3) is 8170. The molecule has 0 aromatic carbocycles. The highest BCUT2D eigenvalue weighted by molar-refractivity contribution is 5.75. The quantitative estimate of drug-likeness (QED) is 0.346. The van der Waals surface area contributed by atoms with Crippen molar-refractivity contribution in [3.8, 4) is 0 Å². The molecule has 0 aromatic heterocycles. The van der Waals surface area contributed by atoms with Crippen molar-refractivity contribution in [2.24, 2.45) is 0 Å². The molecule has 0 spiro atoms. The average Bonchev–Trinajstić information content (AvgIpc) is 0. The molecule has 0 bridgehead atoms. The van der Waals surface area contributed by atoms with E-state index in [-0.39, 0.29) is 45.6 Å². The molecule has 3 radical (unpaired) electrons. The Hall–Kier alpha value is 0.112. The van der Waals surface area contributed by atoms with Crippen molar-refractivity contribution >= 4 is 17.4 Å². The zero-order valence-corrected chi connectivity index (χ0v) is 4.18. The molecule has 0 rings (SSSR count). The fraction of sp³-hybridized carbons (Fsp3) is 0. The van der Waals surface area contributed by atoms with Crippen LogP contribution in [0.2, 0.25) is 0 Å². The van der Waals surface area contributed by atoms with Crippen LogP contribution in [-0.4, -0.2) is 17.4 Å². The van der Waals surface area contributed by atoms with E-state index in [0.29, 0.717) is 0 Å². The van der Waals surface area contributed by atoms with Gasteiger partial charge in [0.25, 0.3) is 0 Å². The first-order valence-corrected chi connectivity index (χ1v) is 0. The highest BCUT2D eigenvalue weighted by Crippen LogP contribution is 0.425. The maximum atomic E-state index is 0. The van der Waals surface area contributed by atoms with Gasteiger partial charge in [-0.15, -0.1) is 0 Å². The Morgan fingerprint density at radius 2 is 0.286 bits per heavy atom. The van der Waals surface area contributed by atoms with Gasteiger partial charge in [-0.25, -0.2) is 0 Å². The molecule has 0 heterocycles. The normalized spacial score (nSPS) is 0. The van der Waals surface area contributed by atoms with E-state index in [9.17, 15) is 0 Å². The summed E-state index contributed by atoms with van der Waals surface area (Å²) in [6.07, 6.45) is 0. The Bertz CT molecular complexity index is 4.14. The van der Waals surface area contributed by atoms with Gasteiger partial charge < -0.3 is 0 Å². The van der Waals surface area contributed by atoms with E-state index in [4.69, 9.17) is 0 Å². The maximum Gasteiger partial charge on any atom is 0 e. The first-order chi connectivity index (χ1) is 0. The van der Waals surface area contributed by atoms with Gasteiger partial charge >= 0.3 is 0 Å². The van der Waals surface area contributed by atoms with Gasteiger partial charge in [-0.2, -0.15) is 0 Å². The van der Waals surface area contributed by atoms with E-state index in [1.807, 2.05) is 0 Å². The SMILES string of the molecule is F.F.F.F.F.F.[Al]. The first-order valence-electron chi connectivity index (χ1n) is 0. The van der Waals surface area contributed by atoms with E-state index >= 15 is 0 Å². The van der Waals surface area contributed by atoms with Gasteiger partial charge in [0.15, 0.2) is 0 Å². The minimum atomic E-state index is 0. The largest absolute Gasteiger partial charge is 0.269 e. The van der Waals surface area contributed by atoms with Crippen LogP contribution in [0.25, 0.3) is 0 Å². The highest BCUT2D eigenvalue weighted by atomic mass is 27.0. The minimum absolute atomic E-state index is 0. The molecule has 51 valence electrons. The van der Waals surface area contributed by atoms with E-state index in [1.54, 1.807) is 0 Å². The van der Waals surface area contributed by atoms with Crippen LogP contribution in [0.3, 0.4) is 0 Å². The van der Waals surface area contributed by atoms with Gasteiger partial charge in [0.05, 0.1) is 0 Å². The molecule has 0 aliphatic carbocycles. The van der Waals surface area contributed by atoms with Crippen LogP contribution in [0.15, 0.2) is 0 Å². The summed E-state index contributed by atoms with van der Waals surface area (Å²) >= 11 is 0. The molecule has 0 unspecified atom stereocenters. The van der Waals surface area contributed by atoms with Crippen LogP contribution < -0.4 is 0 Å². The summed E-state index contributed by atoms with van der Waals surface area (Å²) < 4.78 is 0. The van der Waals surface area contributed by atoms with E-state index < -0.39 is 0 Å². The van der Waals surface area contributed by atoms with Gasteiger partial charge in [0, 0.05) is 17.4 Å². The molecule has 0 saturated heterocycles. The Balaban J connectivity index is 0. The van der Waals surface area contributed by atoms with Crippen LogP contribution in [0, 0.1) is 0 Å². The standard InChI is InChI=1S/Al.6FH/h;6*1H. The van der Waals surface area contributed by atoms with Gasteiger partial charge in [-0.1, -0.05) is 0 Å². The van der Waals surface area contributed by atoms with Crippen molar-refractivity contribution in [1.82, 2.24) is 0 Å². The Labute approximate surface area is 46.6 Å². The monoisotopic (exact) mass is 147 g/mol. The van der Waals surface area contributed by atoms with Gasteiger partial charge in [-0.3, -0.25) is 28.2 Å². The fourth-order valence-corrected chi connectivity index (χ4v) is 0. The summed E-state index contributed by atoms with van der Waals surface area (Å²) in [5.74, 6) is 0. The van der Waals surface area contributed by atoms with E-state index in [0.717, 1.165) is 0 Å². The molecule has 0 nitrogen and oxygen atoms in total. The smallest absolute Gasteiger partial charge is 0 e. The summed E-state index contributed by atoms with van der Waals surface area (Å²) in [5.41, 5.74) is 0. The van der Waals surface area contributed by atoms with Crippen molar-refractivity contribution in [2.75, 3.05) is 0 Å². The number of rotatable bonds is 0. The fourth-order valence-electron chi connectivity index (χ4n) is 0. The molecular formula is H6AlF6. The molecule has 0 aliphatic heterocycles. The predicted octanol–water partition coefficient (Wildman–Crippen LogP) is 0.534. The lowest BCUT2D eigenvalue weighted by atomic mass is 19.0. The van der Waals surface area contributed by atoms with Crippen LogP contribution in [0.1, 0.15) is 0 Å². The molecule has 7 heavy (non-hydrogen) atoms. The number of halogens is 6. The maximum absolute atomic E-state index is 0. The summed E-state index contributed by atoms with van der Waals surface area (Å²) in [5, 5.41) is 0. The van der Waals surface area contributed by atoms with E-state index in [1.165, 1.54) is 0 Å². The molecule has 0 fully saturated rings. The summed E-state index contributed by atoms with van der Waals surface area (Å²) in [6.45, 7) is 0. The Morgan fingerprint density at radius 1 is 0.286 bits per heavy atom. The average molecular weight is 147 g/mol. The second kappa shape index (κ2) is 12600. The number of hydrogen-bond acceptors (Lipinski definition) is 0. The third-order valence-electron chi connectivity index (χ3n) is 0. The van der Waals surface area contributed by atoms with Crippen molar-refractivity contribution in [3.05, 3.63) is 0 Å². The summed E-state index contributed by atoms with van der Waals surface area (Å²) in [6, 6.07) is 0. The van der Waals surface area contributed by atoms with Crippen LogP contribution in [0.5, 0.6) is 0 Å². The van der Waals surface area contributed by atoms with Crippen molar-refractivity contribution < 1.29 is 28.2 Å². The van der Waals surface area contributed by atoms with Crippen molar-refractivity contribution in [2.45, 2.75) is 0 Å². The lowest BCUT2D eigenvalue weighted by molar-refractivity contribution is 1.11. The van der Waals surface area contributed by atoms with Crippen LogP contribution in [-0.2, 0) is 0 Å². The lowest BCUT2D eigenvalue weighted by Crippen LogP contribution is -0.381. The lowest BCUT2D eigenvalue weighted by Gasteiger charge is -0.270. The van der Waals surface area contributed by atoms with Gasteiger partial charge in [0.2, 0.25) is 0 Å². The summed E-state index contributed by atoms with van der Waals surface area (Å²) in [4.78, 5) is 0. The summed E-state index contributed by atoms with van der Waals surface area (Å²) in [7, 11) is 0. The molecule has 0 aromatic rings. The minimum Gasteiger partial charge on any atom is -0.269 e. The van der Waals surface area contributed by atoms with Crippen molar-refractivity contribution in [3.63, 3.8) is 0 Å². The van der Waals surface area contributed by atoms with Crippen LogP contribution >= 0.6 is 0 Å². The molecule has 0 saturated carbocycles. The molecule has 0 atom stereocenters. The second-order valence-electron chi connectivity index (χ2n) is 0. The molecule has 0 N–H and O–H groups in total. The second-order valence-corrected chi connectivity index (χ2v) is 0. The Morgan fingerprint density at radius 3 is 0.286 bits per heavy atom. The molecule has 7 heteroatoms. The predicted molar refractivity (Wildman–Crippen MR) is 20.8 cm³/mol. The zero-order chi connectivity index (χ0) is 0. The Kier molecular flexibility index (Phi) is 37900000.